The van der Waals surface area contributed by atoms with Crippen LogP contribution < -0.4 is 10.3 Å². The highest BCUT2D eigenvalue weighted by atomic mass is 16.5. The molecule has 0 aromatic carbocycles. The normalized spacial score (nSPS) is 10.3. The van der Waals surface area contributed by atoms with Crippen molar-refractivity contribution in [3.05, 3.63) is 51.7 Å². The van der Waals surface area contributed by atoms with E-state index in [0.29, 0.717) is 11.4 Å². The van der Waals surface area contributed by atoms with Crippen LogP contribution in [0.15, 0.2) is 29.1 Å². The Morgan fingerprint density at radius 1 is 1.40 bits per heavy atom. The van der Waals surface area contributed by atoms with Crippen molar-refractivity contribution in [1.29, 1.82) is 0 Å². The molecular weight excluding hydrogens is 262 g/mol. The van der Waals surface area contributed by atoms with E-state index in [1.165, 1.54) is 23.8 Å². The van der Waals surface area contributed by atoms with Crippen molar-refractivity contribution in [3.63, 3.8) is 0 Å². The second-order valence-corrected chi connectivity index (χ2v) is 4.13. The van der Waals surface area contributed by atoms with Gasteiger partial charge in [0.2, 0.25) is 0 Å². The molecule has 0 aliphatic carbocycles. The van der Waals surface area contributed by atoms with Crippen molar-refractivity contribution in [3.8, 4) is 6.01 Å². The van der Waals surface area contributed by atoms with Gasteiger partial charge in [-0.2, -0.15) is 0 Å². The maximum absolute atomic E-state index is 11.9. The number of hydrogen-bond acceptors (Lipinski definition) is 5. The third-order valence-electron chi connectivity index (χ3n) is 2.63. The summed E-state index contributed by atoms with van der Waals surface area (Å²) < 4.78 is 6.36. The van der Waals surface area contributed by atoms with E-state index in [9.17, 15) is 9.59 Å². The number of carboxylic acid groups (broad SMARTS) is 1. The molecular formula is C13H13N3O4. The van der Waals surface area contributed by atoms with Crippen molar-refractivity contribution >= 4 is 5.97 Å². The van der Waals surface area contributed by atoms with Crippen LogP contribution in [0.1, 0.15) is 21.9 Å². The number of methoxy groups -OCH3 is 1. The van der Waals surface area contributed by atoms with Crippen LogP contribution in [0.3, 0.4) is 0 Å². The minimum atomic E-state index is -1.12. The smallest absolute Gasteiger partial charge is 0.354 e. The number of rotatable bonds is 4. The van der Waals surface area contributed by atoms with Crippen LogP contribution in [0, 0.1) is 6.92 Å². The Morgan fingerprint density at radius 2 is 2.15 bits per heavy atom. The number of aromatic nitrogens is 3. The monoisotopic (exact) mass is 275 g/mol. The number of carboxylic acids is 1. The first kappa shape index (κ1) is 13.7. The Kier molecular flexibility index (Phi) is 3.79. The number of carbonyl (C=O) groups is 1. The van der Waals surface area contributed by atoms with Crippen molar-refractivity contribution in [2.75, 3.05) is 7.11 Å². The van der Waals surface area contributed by atoms with Crippen molar-refractivity contribution in [1.82, 2.24) is 14.5 Å². The SMILES string of the molecule is COc1nc(C)cc(=O)n1Cc1cccc(C(=O)O)n1. The van der Waals surface area contributed by atoms with E-state index in [-0.39, 0.29) is 23.8 Å². The molecule has 2 rings (SSSR count). The van der Waals surface area contributed by atoms with Crippen molar-refractivity contribution < 1.29 is 14.6 Å². The molecule has 2 aromatic heterocycles. The van der Waals surface area contributed by atoms with Gasteiger partial charge in [0.15, 0.2) is 0 Å². The van der Waals surface area contributed by atoms with Gasteiger partial charge in [-0.3, -0.25) is 9.36 Å². The lowest BCUT2D eigenvalue weighted by molar-refractivity contribution is 0.0690. The first-order valence-electron chi connectivity index (χ1n) is 5.83. The number of nitrogens with zero attached hydrogens (tertiary/aromatic N) is 3. The summed E-state index contributed by atoms with van der Waals surface area (Å²) in [5.74, 6) is -1.12. The van der Waals surface area contributed by atoms with Crippen LogP contribution in [0.5, 0.6) is 6.01 Å². The topological polar surface area (TPSA) is 94.3 Å². The fourth-order valence-corrected chi connectivity index (χ4v) is 1.74. The summed E-state index contributed by atoms with van der Waals surface area (Å²) in [6.45, 7) is 1.79. The van der Waals surface area contributed by atoms with Crippen LogP contribution in [0.2, 0.25) is 0 Å². The first-order valence-corrected chi connectivity index (χ1v) is 5.83. The van der Waals surface area contributed by atoms with Gasteiger partial charge in [-0.25, -0.2) is 14.8 Å². The maximum Gasteiger partial charge on any atom is 0.354 e. The zero-order valence-electron chi connectivity index (χ0n) is 11.0. The first-order chi connectivity index (χ1) is 9.51. The highest BCUT2D eigenvalue weighted by molar-refractivity contribution is 5.85. The highest BCUT2D eigenvalue weighted by Gasteiger charge is 2.10. The molecule has 2 heterocycles. The van der Waals surface area contributed by atoms with E-state index in [1.54, 1.807) is 19.1 Å². The van der Waals surface area contributed by atoms with E-state index >= 15 is 0 Å². The van der Waals surface area contributed by atoms with Crippen molar-refractivity contribution in [2.24, 2.45) is 0 Å². The fraction of sp³-hybridized carbons (Fsp3) is 0.231. The van der Waals surface area contributed by atoms with Crippen LogP contribution in [-0.4, -0.2) is 32.7 Å². The van der Waals surface area contributed by atoms with E-state index < -0.39 is 5.97 Å². The molecule has 0 unspecified atom stereocenters. The van der Waals surface area contributed by atoms with Gasteiger partial charge in [-0.15, -0.1) is 0 Å². The quantitative estimate of drug-likeness (QED) is 0.882. The van der Waals surface area contributed by atoms with Gasteiger partial charge in [0.1, 0.15) is 5.69 Å². The Hall–Kier alpha value is -2.70. The van der Waals surface area contributed by atoms with Crippen LogP contribution >= 0.6 is 0 Å². The Bertz CT molecular complexity index is 709. The summed E-state index contributed by atoms with van der Waals surface area (Å²) in [7, 11) is 1.42. The predicted molar refractivity (Wildman–Crippen MR) is 70.1 cm³/mol. The lowest BCUT2D eigenvalue weighted by atomic mass is 10.3. The summed E-state index contributed by atoms with van der Waals surface area (Å²) in [6, 6.07) is 6.14. The second-order valence-electron chi connectivity index (χ2n) is 4.13. The van der Waals surface area contributed by atoms with Gasteiger partial charge >= 0.3 is 5.97 Å². The van der Waals surface area contributed by atoms with E-state index in [0.717, 1.165) is 0 Å². The summed E-state index contributed by atoms with van der Waals surface area (Å²) in [4.78, 5) is 30.9. The largest absolute Gasteiger partial charge is 0.477 e. The molecule has 0 aliphatic rings. The molecule has 104 valence electrons. The third kappa shape index (κ3) is 2.82. The summed E-state index contributed by atoms with van der Waals surface area (Å²) >= 11 is 0. The Balaban J connectivity index is 2.42. The van der Waals surface area contributed by atoms with Gasteiger partial charge in [0.25, 0.3) is 11.6 Å². The van der Waals surface area contributed by atoms with Gasteiger partial charge in [0, 0.05) is 11.8 Å². The van der Waals surface area contributed by atoms with Crippen LogP contribution in [0.25, 0.3) is 0 Å². The van der Waals surface area contributed by atoms with Gasteiger partial charge in [-0.05, 0) is 19.1 Å². The lowest BCUT2D eigenvalue weighted by Crippen LogP contribution is -2.24. The third-order valence-corrected chi connectivity index (χ3v) is 2.63. The van der Waals surface area contributed by atoms with E-state index in [2.05, 4.69) is 9.97 Å². The highest BCUT2D eigenvalue weighted by Crippen LogP contribution is 2.08. The number of aryl methyl sites for hydroxylation is 1. The minimum Gasteiger partial charge on any atom is -0.477 e. The molecule has 0 amide bonds. The van der Waals surface area contributed by atoms with Crippen LogP contribution in [-0.2, 0) is 6.54 Å². The molecule has 7 nitrogen and oxygen atoms in total. The molecule has 7 heteroatoms. The molecule has 0 spiro atoms. The lowest BCUT2D eigenvalue weighted by Gasteiger charge is -2.10. The molecule has 2 aromatic rings. The summed E-state index contributed by atoms with van der Waals surface area (Å²) in [5.41, 5.74) is 0.637. The zero-order chi connectivity index (χ0) is 14.7. The van der Waals surface area contributed by atoms with Gasteiger partial charge in [0.05, 0.1) is 19.3 Å². The average Bonchev–Trinajstić information content (AvgIpc) is 2.41. The summed E-state index contributed by atoms with van der Waals surface area (Å²) in [6.07, 6.45) is 0. The molecule has 0 radical (unpaired) electrons. The van der Waals surface area contributed by atoms with E-state index in [1.807, 2.05) is 0 Å². The average molecular weight is 275 g/mol. The Morgan fingerprint density at radius 3 is 2.80 bits per heavy atom. The number of ether oxygens (including phenoxy) is 1. The number of aromatic carboxylic acids is 1. The van der Waals surface area contributed by atoms with Gasteiger partial charge in [-0.1, -0.05) is 6.07 Å². The molecule has 0 aliphatic heterocycles. The predicted octanol–water partition coefficient (Wildman–Crippen LogP) is 0.702. The Labute approximate surface area is 114 Å². The molecule has 0 saturated carbocycles. The maximum atomic E-state index is 11.9. The molecule has 0 fully saturated rings. The molecule has 1 N–H and O–H groups in total. The van der Waals surface area contributed by atoms with Gasteiger partial charge < -0.3 is 9.84 Å². The molecule has 0 atom stereocenters. The fourth-order valence-electron chi connectivity index (χ4n) is 1.74. The second kappa shape index (κ2) is 5.52. The number of hydrogen-bond donors (Lipinski definition) is 1. The molecule has 0 saturated heterocycles. The standard InChI is InChI=1S/C13H13N3O4/c1-8-6-11(17)16(13(14-8)20-2)7-9-4-3-5-10(15-9)12(18)19/h3-6H,7H2,1-2H3,(H,18,19). The molecule has 0 bridgehead atoms. The van der Waals surface area contributed by atoms with E-state index in [4.69, 9.17) is 9.84 Å². The van der Waals surface area contributed by atoms with Crippen LogP contribution in [0.4, 0.5) is 0 Å². The zero-order valence-corrected chi connectivity index (χ0v) is 11.0. The molecule has 20 heavy (non-hydrogen) atoms. The summed E-state index contributed by atoms with van der Waals surface area (Å²) in [5, 5.41) is 8.90. The van der Waals surface area contributed by atoms with Crippen molar-refractivity contribution in [2.45, 2.75) is 13.5 Å². The number of pyridine rings is 1. The minimum absolute atomic E-state index is 0.0745.